The number of rotatable bonds is 3. The molecule has 1 saturated carbocycles. The predicted octanol–water partition coefficient (Wildman–Crippen LogP) is 2.55. The van der Waals surface area contributed by atoms with Crippen LogP contribution in [0.1, 0.15) is 68.4 Å². The SMILES string of the molecule is CC1CCc2sc(C(=O)NNC(=O)c3cc(C4CC4)[nH]n3)cc2C1. The lowest BCUT2D eigenvalue weighted by atomic mass is 9.90. The topological polar surface area (TPSA) is 86.9 Å². The highest BCUT2D eigenvalue weighted by Crippen LogP contribution is 2.39. The number of hydrazine groups is 1. The maximum Gasteiger partial charge on any atom is 0.290 e. The smallest absolute Gasteiger partial charge is 0.281 e. The fraction of sp³-hybridized carbons (Fsp3) is 0.471. The van der Waals surface area contributed by atoms with E-state index >= 15 is 0 Å². The summed E-state index contributed by atoms with van der Waals surface area (Å²) < 4.78 is 0. The van der Waals surface area contributed by atoms with E-state index in [1.54, 1.807) is 6.07 Å². The van der Waals surface area contributed by atoms with Gasteiger partial charge in [0.15, 0.2) is 5.69 Å². The molecule has 0 aromatic carbocycles. The van der Waals surface area contributed by atoms with E-state index in [1.165, 1.54) is 28.2 Å². The molecule has 1 atom stereocenters. The van der Waals surface area contributed by atoms with Crippen LogP contribution in [0.25, 0.3) is 0 Å². The van der Waals surface area contributed by atoms with Crippen LogP contribution < -0.4 is 10.9 Å². The third-order valence-electron chi connectivity index (χ3n) is 4.69. The molecule has 2 amide bonds. The Morgan fingerprint density at radius 1 is 1.21 bits per heavy atom. The van der Waals surface area contributed by atoms with Crippen LogP contribution in [0.2, 0.25) is 0 Å². The molecule has 3 N–H and O–H groups in total. The number of carbonyl (C=O) groups is 2. The quantitative estimate of drug-likeness (QED) is 0.748. The second-order valence-corrected chi connectivity index (χ2v) is 7.93. The minimum Gasteiger partial charge on any atom is -0.281 e. The monoisotopic (exact) mass is 344 g/mol. The average molecular weight is 344 g/mol. The van der Waals surface area contributed by atoms with Crippen LogP contribution >= 0.6 is 11.3 Å². The predicted molar refractivity (Wildman–Crippen MR) is 91.0 cm³/mol. The van der Waals surface area contributed by atoms with Gasteiger partial charge in [-0.25, -0.2) is 0 Å². The van der Waals surface area contributed by atoms with Crippen LogP contribution in [0, 0.1) is 5.92 Å². The Balaban J connectivity index is 1.36. The van der Waals surface area contributed by atoms with Crippen LogP contribution in [0.15, 0.2) is 12.1 Å². The Kier molecular flexibility index (Phi) is 3.88. The molecular weight excluding hydrogens is 324 g/mol. The summed E-state index contributed by atoms with van der Waals surface area (Å²) in [5, 5.41) is 6.89. The summed E-state index contributed by atoms with van der Waals surface area (Å²) in [5.74, 6) is 0.506. The van der Waals surface area contributed by atoms with E-state index in [1.807, 2.05) is 6.07 Å². The summed E-state index contributed by atoms with van der Waals surface area (Å²) in [6.45, 7) is 2.24. The molecule has 1 unspecified atom stereocenters. The number of aromatic amines is 1. The van der Waals surface area contributed by atoms with E-state index < -0.39 is 5.91 Å². The maximum atomic E-state index is 12.3. The van der Waals surface area contributed by atoms with Gasteiger partial charge in [-0.05, 0) is 55.7 Å². The largest absolute Gasteiger partial charge is 0.290 e. The second-order valence-electron chi connectivity index (χ2n) is 6.80. The first-order valence-electron chi connectivity index (χ1n) is 8.37. The standard InChI is InChI=1S/C17H20N4O2S/c1-9-2-5-14-11(6-9)7-15(24-14)17(23)21-20-16(22)13-8-12(18-19-13)10-3-4-10/h7-10H,2-6H2,1H3,(H,18,19)(H,20,22)(H,21,23). The molecule has 0 saturated heterocycles. The molecule has 0 bridgehead atoms. The molecule has 0 radical (unpaired) electrons. The van der Waals surface area contributed by atoms with Crippen molar-refractivity contribution in [1.29, 1.82) is 0 Å². The zero-order valence-corrected chi connectivity index (χ0v) is 14.3. The summed E-state index contributed by atoms with van der Waals surface area (Å²) in [5.41, 5.74) is 7.50. The Labute approximate surface area is 144 Å². The summed E-state index contributed by atoms with van der Waals surface area (Å²) in [4.78, 5) is 26.3. The number of aromatic nitrogens is 2. The van der Waals surface area contributed by atoms with Crippen LogP contribution in [0.4, 0.5) is 0 Å². The van der Waals surface area contributed by atoms with Crippen molar-refractivity contribution in [2.24, 2.45) is 5.92 Å². The number of aryl methyl sites for hydroxylation is 1. The first-order chi connectivity index (χ1) is 11.6. The molecule has 2 aliphatic carbocycles. The number of H-pyrrole nitrogens is 1. The van der Waals surface area contributed by atoms with E-state index in [4.69, 9.17) is 0 Å². The molecule has 24 heavy (non-hydrogen) atoms. The summed E-state index contributed by atoms with van der Waals surface area (Å²) in [7, 11) is 0. The lowest BCUT2D eigenvalue weighted by Crippen LogP contribution is -2.41. The summed E-state index contributed by atoms with van der Waals surface area (Å²) in [6.07, 6.45) is 5.53. The van der Waals surface area contributed by atoms with Crippen LogP contribution in [-0.2, 0) is 12.8 Å². The first-order valence-corrected chi connectivity index (χ1v) is 9.19. The molecule has 2 aromatic rings. The normalized spacial score (nSPS) is 19.6. The van der Waals surface area contributed by atoms with Gasteiger partial charge in [0.1, 0.15) is 0 Å². The Hall–Kier alpha value is -2.15. The van der Waals surface area contributed by atoms with Gasteiger partial charge >= 0.3 is 0 Å². The number of fused-ring (bicyclic) bond motifs is 1. The molecule has 2 aliphatic rings. The van der Waals surface area contributed by atoms with Gasteiger partial charge in [-0.1, -0.05) is 6.92 Å². The molecular formula is C17H20N4O2S. The van der Waals surface area contributed by atoms with Gasteiger partial charge in [0, 0.05) is 16.5 Å². The molecule has 126 valence electrons. The number of thiophene rings is 1. The molecule has 4 rings (SSSR count). The first kappa shape index (κ1) is 15.4. The van der Waals surface area contributed by atoms with Crippen molar-refractivity contribution >= 4 is 23.2 Å². The minimum absolute atomic E-state index is 0.270. The molecule has 6 nitrogen and oxygen atoms in total. The van der Waals surface area contributed by atoms with E-state index in [-0.39, 0.29) is 5.91 Å². The summed E-state index contributed by atoms with van der Waals surface area (Å²) >= 11 is 1.52. The highest BCUT2D eigenvalue weighted by Gasteiger charge is 2.26. The van der Waals surface area contributed by atoms with Crippen LogP contribution in [0.3, 0.4) is 0 Å². The minimum atomic E-state index is -0.401. The van der Waals surface area contributed by atoms with Gasteiger partial charge in [-0.15, -0.1) is 11.3 Å². The van der Waals surface area contributed by atoms with E-state index in [0.717, 1.165) is 31.4 Å². The van der Waals surface area contributed by atoms with Gasteiger partial charge < -0.3 is 0 Å². The maximum absolute atomic E-state index is 12.3. The van der Waals surface area contributed by atoms with E-state index in [2.05, 4.69) is 28.0 Å². The molecule has 2 heterocycles. The third-order valence-corrected chi connectivity index (χ3v) is 5.93. The van der Waals surface area contributed by atoms with Crippen molar-refractivity contribution in [3.63, 3.8) is 0 Å². The van der Waals surface area contributed by atoms with Gasteiger partial charge in [0.2, 0.25) is 0 Å². The summed E-state index contributed by atoms with van der Waals surface area (Å²) in [6, 6.07) is 3.71. The zero-order valence-electron chi connectivity index (χ0n) is 13.5. The van der Waals surface area contributed by atoms with Crippen molar-refractivity contribution in [1.82, 2.24) is 21.0 Å². The third kappa shape index (κ3) is 3.08. The second kappa shape index (κ2) is 6.05. The average Bonchev–Trinajstić information content (AvgIpc) is 3.15. The number of hydrogen-bond donors (Lipinski definition) is 3. The van der Waals surface area contributed by atoms with E-state index in [0.29, 0.717) is 22.4 Å². The number of nitrogens with zero attached hydrogens (tertiary/aromatic N) is 1. The zero-order chi connectivity index (χ0) is 16.7. The van der Waals surface area contributed by atoms with Crippen LogP contribution in [0.5, 0.6) is 0 Å². The Morgan fingerprint density at radius 3 is 2.79 bits per heavy atom. The van der Waals surface area contributed by atoms with Gasteiger partial charge in [0.05, 0.1) is 4.88 Å². The highest BCUT2D eigenvalue weighted by atomic mass is 32.1. The number of nitrogens with one attached hydrogen (secondary N) is 3. The number of hydrogen-bond acceptors (Lipinski definition) is 4. The van der Waals surface area contributed by atoms with Crippen molar-refractivity contribution < 1.29 is 9.59 Å². The lowest BCUT2D eigenvalue weighted by Gasteiger charge is -2.16. The van der Waals surface area contributed by atoms with Crippen LogP contribution in [-0.4, -0.2) is 22.0 Å². The fourth-order valence-electron chi connectivity index (χ4n) is 3.11. The van der Waals surface area contributed by atoms with Crippen molar-refractivity contribution in [3.8, 4) is 0 Å². The molecule has 1 fully saturated rings. The molecule has 0 spiro atoms. The number of amides is 2. The number of carbonyl (C=O) groups excluding carboxylic acids is 2. The fourth-order valence-corrected chi connectivity index (χ4v) is 4.22. The molecule has 0 aliphatic heterocycles. The Bertz CT molecular complexity index is 790. The van der Waals surface area contributed by atoms with E-state index in [9.17, 15) is 9.59 Å². The van der Waals surface area contributed by atoms with Crippen molar-refractivity contribution in [2.45, 2.75) is 44.9 Å². The molecule has 7 heteroatoms. The van der Waals surface area contributed by atoms with Gasteiger partial charge in [-0.3, -0.25) is 25.5 Å². The highest BCUT2D eigenvalue weighted by molar-refractivity contribution is 7.14. The van der Waals surface area contributed by atoms with Gasteiger partial charge in [-0.2, -0.15) is 5.10 Å². The van der Waals surface area contributed by atoms with Crippen molar-refractivity contribution in [3.05, 3.63) is 38.8 Å². The van der Waals surface area contributed by atoms with Crippen molar-refractivity contribution in [2.75, 3.05) is 0 Å². The Morgan fingerprint density at radius 2 is 2.00 bits per heavy atom. The molecule has 2 aromatic heterocycles. The van der Waals surface area contributed by atoms with Gasteiger partial charge in [0.25, 0.3) is 11.8 Å². The lowest BCUT2D eigenvalue weighted by molar-refractivity contribution is 0.0846.